The van der Waals surface area contributed by atoms with Crippen LogP contribution in [0.5, 0.6) is 0 Å². The third-order valence-corrected chi connectivity index (χ3v) is 2.20. The van der Waals surface area contributed by atoms with E-state index < -0.39 is 0 Å². The topological polar surface area (TPSA) is 88.5 Å². The van der Waals surface area contributed by atoms with Crippen molar-refractivity contribution in [1.29, 1.82) is 0 Å². The fraction of sp³-hybridized carbons (Fsp3) is 0.400. The van der Waals surface area contributed by atoms with Crippen LogP contribution in [0.3, 0.4) is 0 Å². The lowest BCUT2D eigenvalue weighted by atomic mass is 10.4. The molecule has 0 aliphatic carbocycles. The Morgan fingerprint density at radius 1 is 1.53 bits per heavy atom. The molecule has 0 unspecified atom stereocenters. The third-order valence-electron chi connectivity index (χ3n) is 2.20. The average Bonchev–Trinajstić information content (AvgIpc) is 2.72. The van der Waals surface area contributed by atoms with Crippen molar-refractivity contribution < 1.29 is 0 Å². The summed E-state index contributed by atoms with van der Waals surface area (Å²) in [6.45, 7) is 2.38. The molecule has 2 heterocycles. The molecular formula is C10H14N6O. The molecule has 0 spiro atoms. The molecule has 0 bridgehead atoms. The Hall–Kier alpha value is -2.18. The summed E-state index contributed by atoms with van der Waals surface area (Å²) in [5.74, 6) is 1.86. The molecule has 0 radical (unpaired) electrons. The second kappa shape index (κ2) is 4.77. The maximum atomic E-state index is 11.3. The van der Waals surface area contributed by atoms with Gasteiger partial charge in [0.1, 0.15) is 18.0 Å². The number of nitrogens with one attached hydrogen (secondary N) is 2. The summed E-state index contributed by atoms with van der Waals surface area (Å²) < 4.78 is 1.62. The van der Waals surface area contributed by atoms with Crippen molar-refractivity contribution in [1.82, 2.24) is 24.7 Å². The highest BCUT2D eigenvalue weighted by Crippen LogP contribution is 2.01. The zero-order valence-electron chi connectivity index (χ0n) is 9.77. The van der Waals surface area contributed by atoms with E-state index in [-0.39, 0.29) is 5.56 Å². The Morgan fingerprint density at radius 3 is 3.00 bits per heavy atom. The minimum absolute atomic E-state index is 0.159. The molecule has 0 aliphatic rings. The van der Waals surface area contributed by atoms with Gasteiger partial charge in [-0.2, -0.15) is 5.10 Å². The van der Waals surface area contributed by atoms with E-state index in [0.717, 1.165) is 0 Å². The van der Waals surface area contributed by atoms with E-state index in [0.29, 0.717) is 30.4 Å². The number of aromatic amines is 1. The van der Waals surface area contributed by atoms with Crippen LogP contribution in [-0.4, -0.2) is 24.7 Å². The Labute approximate surface area is 97.9 Å². The summed E-state index contributed by atoms with van der Waals surface area (Å²) in [7, 11) is 1.80. The normalized spacial score (nSPS) is 10.5. The molecule has 7 heteroatoms. The largest absolute Gasteiger partial charge is 0.362 e. The predicted molar refractivity (Wildman–Crippen MR) is 62.6 cm³/mol. The summed E-state index contributed by atoms with van der Waals surface area (Å²) in [6.07, 6.45) is 2.31. The van der Waals surface area contributed by atoms with Crippen LogP contribution in [0, 0.1) is 0 Å². The highest BCUT2D eigenvalue weighted by atomic mass is 16.1. The van der Waals surface area contributed by atoms with Crippen LogP contribution in [-0.2, 0) is 20.0 Å². The number of hydrogen-bond donors (Lipinski definition) is 2. The van der Waals surface area contributed by atoms with E-state index >= 15 is 0 Å². The third kappa shape index (κ3) is 2.90. The molecule has 7 nitrogen and oxygen atoms in total. The van der Waals surface area contributed by atoms with Gasteiger partial charge < -0.3 is 10.3 Å². The van der Waals surface area contributed by atoms with Crippen LogP contribution in [0.15, 0.2) is 17.2 Å². The number of aryl methyl sites for hydroxylation is 2. The minimum atomic E-state index is -0.159. The van der Waals surface area contributed by atoms with Crippen LogP contribution in [0.4, 0.5) is 5.82 Å². The fourth-order valence-electron chi connectivity index (χ4n) is 1.40. The molecule has 0 saturated heterocycles. The van der Waals surface area contributed by atoms with Gasteiger partial charge in [0.15, 0.2) is 5.82 Å². The van der Waals surface area contributed by atoms with E-state index in [2.05, 4.69) is 25.4 Å². The highest BCUT2D eigenvalue weighted by Gasteiger charge is 2.02. The van der Waals surface area contributed by atoms with Gasteiger partial charge in [0.05, 0.1) is 6.54 Å². The van der Waals surface area contributed by atoms with Gasteiger partial charge in [-0.1, -0.05) is 6.92 Å². The van der Waals surface area contributed by atoms with Crippen molar-refractivity contribution in [2.24, 2.45) is 7.05 Å². The molecule has 17 heavy (non-hydrogen) atoms. The summed E-state index contributed by atoms with van der Waals surface area (Å²) in [5.41, 5.74) is -0.159. The van der Waals surface area contributed by atoms with Crippen LogP contribution >= 0.6 is 0 Å². The SMILES string of the molecule is CCc1nc(NCc2ncn(C)n2)cc(=O)[nH]1. The van der Waals surface area contributed by atoms with E-state index in [1.54, 1.807) is 18.1 Å². The second-order valence-corrected chi connectivity index (χ2v) is 3.62. The first-order chi connectivity index (χ1) is 8.17. The molecule has 2 N–H and O–H groups in total. The molecule has 0 fully saturated rings. The summed E-state index contributed by atoms with van der Waals surface area (Å²) in [5, 5.41) is 7.14. The lowest BCUT2D eigenvalue weighted by molar-refractivity contribution is 0.746. The Morgan fingerprint density at radius 2 is 2.35 bits per heavy atom. The van der Waals surface area contributed by atoms with Crippen molar-refractivity contribution in [2.45, 2.75) is 19.9 Å². The Balaban J connectivity index is 2.08. The molecule has 2 aromatic rings. The maximum Gasteiger partial charge on any atom is 0.252 e. The Kier molecular flexibility index (Phi) is 3.17. The van der Waals surface area contributed by atoms with E-state index in [1.165, 1.54) is 6.07 Å². The number of H-pyrrole nitrogens is 1. The molecule has 0 aliphatic heterocycles. The lowest BCUT2D eigenvalue weighted by Crippen LogP contribution is -2.13. The molecule has 0 aromatic carbocycles. The molecular weight excluding hydrogens is 220 g/mol. The molecule has 0 amide bonds. The fourth-order valence-corrected chi connectivity index (χ4v) is 1.40. The first-order valence-electron chi connectivity index (χ1n) is 5.36. The maximum absolute atomic E-state index is 11.3. The van der Waals surface area contributed by atoms with E-state index in [4.69, 9.17) is 0 Å². The van der Waals surface area contributed by atoms with Gasteiger partial charge in [-0.25, -0.2) is 9.97 Å². The van der Waals surface area contributed by atoms with Gasteiger partial charge in [0.2, 0.25) is 0 Å². The summed E-state index contributed by atoms with van der Waals surface area (Å²) in [4.78, 5) is 22.3. The molecule has 2 rings (SSSR count). The lowest BCUT2D eigenvalue weighted by Gasteiger charge is -2.03. The number of nitrogens with zero attached hydrogens (tertiary/aromatic N) is 4. The molecule has 0 saturated carbocycles. The quantitative estimate of drug-likeness (QED) is 0.781. The number of anilines is 1. The summed E-state index contributed by atoms with van der Waals surface area (Å²) >= 11 is 0. The van der Waals surface area contributed by atoms with Crippen molar-refractivity contribution in [2.75, 3.05) is 5.32 Å². The van der Waals surface area contributed by atoms with Crippen molar-refractivity contribution >= 4 is 5.82 Å². The van der Waals surface area contributed by atoms with Gasteiger partial charge in [-0.15, -0.1) is 0 Å². The average molecular weight is 234 g/mol. The van der Waals surface area contributed by atoms with Gasteiger partial charge in [-0.05, 0) is 0 Å². The first-order valence-corrected chi connectivity index (χ1v) is 5.36. The van der Waals surface area contributed by atoms with Gasteiger partial charge in [0, 0.05) is 19.5 Å². The second-order valence-electron chi connectivity index (χ2n) is 3.62. The zero-order valence-corrected chi connectivity index (χ0v) is 9.77. The van der Waals surface area contributed by atoms with Crippen molar-refractivity contribution in [3.63, 3.8) is 0 Å². The summed E-state index contributed by atoms with van der Waals surface area (Å²) in [6, 6.07) is 1.42. The van der Waals surface area contributed by atoms with Crippen LogP contribution in [0.2, 0.25) is 0 Å². The molecule has 2 aromatic heterocycles. The number of hydrogen-bond acceptors (Lipinski definition) is 5. The highest BCUT2D eigenvalue weighted by molar-refractivity contribution is 5.32. The predicted octanol–water partition coefficient (Wildman–Crippen LogP) is 0.0729. The zero-order chi connectivity index (χ0) is 12.3. The minimum Gasteiger partial charge on any atom is -0.362 e. The van der Waals surface area contributed by atoms with Crippen LogP contribution in [0.25, 0.3) is 0 Å². The van der Waals surface area contributed by atoms with E-state index in [9.17, 15) is 4.79 Å². The molecule has 0 atom stereocenters. The van der Waals surface area contributed by atoms with Gasteiger partial charge in [0.25, 0.3) is 5.56 Å². The smallest absolute Gasteiger partial charge is 0.252 e. The number of aromatic nitrogens is 5. The van der Waals surface area contributed by atoms with Gasteiger partial charge in [-0.3, -0.25) is 9.48 Å². The monoisotopic (exact) mass is 234 g/mol. The van der Waals surface area contributed by atoms with E-state index in [1.807, 2.05) is 6.92 Å². The Bertz CT molecular complexity index is 558. The first kappa shape index (κ1) is 11.3. The van der Waals surface area contributed by atoms with Crippen LogP contribution in [0.1, 0.15) is 18.6 Å². The van der Waals surface area contributed by atoms with Crippen molar-refractivity contribution in [3.8, 4) is 0 Å². The molecule has 90 valence electrons. The van der Waals surface area contributed by atoms with Crippen molar-refractivity contribution in [3.05, 3.63) is 34.4 Å². The van der Waals surface area contributed by atoms with Crippen LogP contribution < -0.4 is 10.9 Å². The number of rotatable bonds is 4. The van der Waals surface area contributed by atoms with Gasteiger partial charge >= 0.3 is 0 Å². The standard InChI is InChI=1S/C10H14N6O/c1-3-7-13-8(4-10(17)14-7)11-5-9-12-6-16(2)15-9/h4,6H,3,5H2,1-2H3,(H2,11,13,14,17).